The Morgan fingerprint density at radius 3 is 2.93 bits per heavy atom. The van der Waals surface area contributed by atoms with Gasteiger partial charge in [-0.05, 0) is 22.6 Å². The smallest absolute Gasteiger partial charge is 0.266 e. The predicted molar refractivity (Wildman–Crippen MR) is 58.4 cm³/mol. The summed E-state index contributed by atoms with van der Waals surface area (Å²) in [5, 5.41) is 0. The molecule has 0 saturated heterocycles. The summed E-state index contributed by atoms with van der Waals surface area (Å²) in [5.74, 6) is -0.643. The quantitative estimate of drug-likeness (QED) is 0.674. The van der Waals surface area contributed by atoms with Gasteiger partial charge >= 0.3 is 0 Å². The van der Waals surface area contributed by atoms with E-state index in [0.29, 0.717) is 3.57 Å². The van der Waals surface area contributed by atoms with Gasteiger partial charge in [0, 0.05) is 6.20 Å². The number of carbonyl (C=O) groups is 1. The maximum absolute atomic E-state index is 11.4. The van der Waals surface area contributed by atoms with Crippen molar-refractivity contribution in [1.29, 1.82) is 0 Å². The summed E-state index contributed by atoms with van der Waals surface area (Å²) in [4.78, 5) is 25.9. The molecule has 0 aliphatic rings. The van der Waals surface area contributed by atoms with E-state index in [1.165, 1.54) is 17.1 Å². The lowest BCUT2D eigenvalue weighted by Crippen LogP contribution is -2.42. The second kappa shape index (κ2) is 4.51. The summed E-state index contributed by atoms with van der Waals surface area (Å²) in [6.07, 6.45) is 2.77. The zero-order valence-corrected chi connectivity index (χ0v) is 9.34. The monoisotopic (exact) mass is 308 g/mol. The van der Waals surface area contributed by atoms with Gasteiger partial charge in [0.1, 0.15) is 6.04 Å². The number of halogens is 1. The van der Waals surface area contributed by atoms with Crippen LogP contribution < -0.4 is 17.0 Å². The molecule has 0 aliphatic carbocycles. The highest BCUT2D eigenvalue weighted by Crippen LogP contribution is 1.93. The van der Waals surface area contributed by atoms with Crippen LogP contribution in [0.15, 0.2) is 17.3 Å². The van der Waals surface area contributed by atoms with Crippen LogP contribution in [0.4, 0.5) is 0 Å². The number of carbonyl (C=O) groups excluding carboxylic acids is 1. The van der Waals surface area contributed by atoms with Gasteiger partial charge in [0.2, 0.25) is 5.91 Å². The molecule has 1 aromatic rings. The van der Waals surface area contributed by atoms with Crippen molar-refractivity contribution in [1.82, 2.24) is 9.55 Å². The maximum atomic E-state index is 11.4. The number of nitrogens with two attached hydrogens (primary N) is 2. The van der Waals surface area contributed by atoms with Gasteiger partial charge in [-0.1, -0.05) is 0 Å². The van der Waals surface area contributed by atoms with Crippen LogP contribution in [0.25, 0.3) is 0 Å². The van der Waals surface area contributed by atoms with Crippen molar-refractivity contribution < 1.29 is 4.79 Å². The fraction of sp³-hybridized carbons (Fsp3) is 0.286. The molecule has 0 saturated carbocycles. The molecular formula is C7H9IN4O2. The van der Waals surface area contributed by atoms with Gasteiger partial charge in [-0.25, -0.2) is 4.98 Å². The standard InChI is InChI=1S/C7H9IN4O2/c8-4-1-11-3-12(7(4)14)2-5(9)6(10)13/h1,3,5H,2,9H2,(H2,10,13). The molecule has 0 aromatic carbocycles. The number of hydrogen-bond acceptors (Lipinski definition) is 4. The highest BCUT2D eigenvalue weighted by Gasteiger charge is 2.11. The normalized spacial score (nSPS) is 12.4. The van der Waals surface area contributed by atoms with Gasteiger partial charge in [0.25, 0.3) is 5.56 Å². The van der Waals surface area contributed by atoms with E-state index < -0.39 is 11.9 Å². The topological polar surface area (TPSA) is 104 Å². The Morgan fingerprint density at radius 1 is 1.71 bits per heavy atom. The third kappa shape index (κ3) is 2.51. The summed E-state index contributed by atoms with van der Waals surface area (Å²) in [7, 11) is 0. The largest absolute Gasteiger partial charge is 0.368 e. The first-order valence-corrected chi connectivity index (χ1v) is 4.85. The van der Waals surface area contributed by atoms with Gasteiger partial charge in [-0.3, -0.25) is 14.2 Å². The molecule has 0 radical (unpaired) electrons. The van der Waals surface area contributed by atoms with Crippen molar-refractivity contribution in [3.05, 3.63) is 26.4 Å². The molecule has 6 nitrogen and oxygen atoms in total. The van der Waals surface area contributed by atoms with Crippen LogP contribution in [-0.4, -0.2) is 21.5 Å². The van der Waals surface area contributed by atoms with E-state index in [1.807, 2.05) is 22.6 Å². The van der Waals surface area contributed by atoms with E-state index in [2.05, 4.69) is 4.98 Å². The van der Waals surface area contributed by atoms with Crippen molar-refractivity contribution in [2.24, 2.45) is 11.5 Å². The zero-order valence-electron chi connectivity index (χ0n) is 7.18. The molecule has 4 N–H and O–H groups in total. The zero-order chi connectivity index (χ0) is 10.7. The Hall–Kier alpha value is -0.960. The molecule has 1 amide bonds. The number of nitrogens with zero attached hydrogens (tertiary/aromatic N) is 2. The summed E-state index contributed by atoms with van der Waals surface area (Å²) in [6, 6.07) is -0.868. The molecular weight excluding hydrogens is 299 g/mol. The molecule has 0 fully saturated rings. The first-order chi connectivity index (χ1) is 6.52. The van der Waals surface area contributed by atoms with Crippen LogP contribution in [0, 0.1) is 3.57 Å². The number of hydrogen-bond donors (Lipinski definition) is 2. The second-order valence-electron chi connectivity index (χ2n) is 2.71. The molecule has 1 rings (SSSR count). The predicted octanol–water partition coefficient (Wildman–Crippen LogP) is -1.34. The highest BCUT2D eigenvalue weighted by molar-refractivity contribution is 14.1. The third-order valence-corrected chi connectivity index (χ3v) is 2.36. The Morgan fingerprint density at radius 2 is 2.36 bits per heavy atom. The van der Waals surface area contributed by atoms with Crippen LogP contribution in [0.1, 0.15) is 0 Å². The molecule has 0 bridgehead atoms. The average molecular weight is 308 g/mol. The molecule has 0 spiro atoms. The number of primary amides is 1. The van der Waals surface area contributed by atoms with Gasteiger partial charge in [0.15, 0.2) is 0 Å². The van der Waals surface area contributed by atoms with E-state index in [0.717, 1.165) is 0 Å². The molecule has 76 valence electrons. The molecule has 7 heteroatoms. The molecule has 14 heavy (non-hydrogen) atoms. The van der Waals surface area contributed by atoms with Crippen LogP contribution >= 0.6 is 22.6 Å². The van der Waals surface area contributed by atoms with Gasteiger partial charge in [-0.2, -0.15) is 0 Å². The molecule has 1 heterocycles. The fourth-order valence-corrected chi connectivity index (χ4v) is 1.33. The molecule has 1 aromatic heterocycles. The number of aromatic nitrogens is 2. The van der Waals surface area contributed by atoms with Crippen molar-refractivity contribution >= 4 is 28.5 Å². The molecule has 0 aliphatic heterocycles. The van der Waals surface area contributed by atoms with Gasteiger partial charge in [0.05, 0.1) is 16.4 Å². The van der Waals surface area contributed by atoms with Crippen molar-refractivity contribution in [3.63, 3.8) is 0 Å². The Kier molecular flexibility index (Phi) is 3.58. The average Bonchev–Trinajstić information content (AvgIpc) is 2.12. The fourth-order valence-electron chi connectivity index (χ4n) is 0.856. The molecule has 1 unspecified atom stereocenters. The minimum atomic E-state index is -0.868. The van der Waals surface area contributed by atoms with Crippen LogP contribution in [0.3, 0.4) is 0 Å². The van der Waals surface area contributed by atoms with Crippen LogP contribution in [-0.2, 0) is 11.3 Å². The lowest BCUT2D eigenvalue weighted by molar-refractivity contribution is -0.119. The maximum Gasteiger partial charge on any atom is 0.266 e. The van der Waals surface area contributed by atoms with Crippen molar-refractivity contribution in [3.8, 4) is 0 Å². The third-order valence-electron chi connectivity index (χ3n) is 1.62. The Bertz CT molecular complexity index is 403. The van der Waals surface area contributed by atoms with E-state index in [-0.39, 0.29) is 12.1 Å². The van der Waals surface area contributed by atoms with E-state index in [4.69, 9.17) is 11.5 Å². The molecule has 1 atom stereocenters. The Labute approximate surface area is 93.4 Å². The summed E-state index contributed by atoms with van der Waals surface area (Å²) < 4.78 is 1.73. The SMILES string of the molecule is NC(=O)C(N)Cn1cncc(I)c1=O. The first kappa shape index (κ1) is 11.1. The highest BCUT2D eigenvalue weighted by atomic mass is 127. The summed E-state index contributed by atoms with van der Waals surface area (Å²) in [6.45, 7) is 0.0536. The van der Waals surface area contributed by atoms with Crippen LogP contribution in [0.2, 0.25) is 0 Å². The van der Waals surface area contributed by atoms with Gasteiger partial charge in [-0.15, -0.1) is 0 Å². The van der Waals surface area contributed by atoms with E-state index >= 15 is 0 Å². The van der Waals surface area contributed by atoms with Gasteiger partial charge < -0.3 is 11.5 Å². The van der Waals surface area contributed by atoms with Crippen LogP contribution in [0.5, 0.6) is 0 Å². The van der Waals surface area contributed by atoms with E-state index in [1.54, 1.807) is 0 Å². The van der Waals surface area contributed by atoms with E-state index in [9.17, 15) is 9.59 Å². The second-order valence-corrected chi connectivity index (χ2v) is 3.87. The summed E-state index contributed by atoms with van der Waals surface area (Å²) in [5.41, 5.74) is 10.1. The lowest BCUT2D eigenvalue weighted by atomic mass is 10.3. The van der Waals surface area contributed by atoms with Crippen molar-refractivity contribution in [2.45, 2.75) is 12.6 Å². The minimum Gasteiger partial charge on any atom is -0.368 e. The number of rotatable bonds is 3. The Balaban J connectivity index is 2.93. The number of amides is 1. The lowest BCUT2D eigenvalue weighted by Gasteiger charge is -2.09. The summed E-state index contributed by atoms with van der Waals surface area (Å²) >= 11 is 1.86. The first-order valence-electron chi connectivity index (χ1n) is 3.77. The van der Waals surface area contributed by atoms with Crippen molar-refractivity contribution in [2.75, 3.05) is 0 Å². The minimum absolute atomic E-state index is 0.0536.